The number of benzene rings is 2. The summed E-state index contributed by atoms with van der Waals surface area (Å²) < 4.78 is 1.63. The van der Waals surface area contributed by atoms with Gasteiger partial charge in [0, 0.05) is 37.4 Å². The van der Waals surface area contributed by atoms with Gasteiger partial charge in [0.1, 0.15) is 11.3 Å². The Morgan fingerprint density at radius 3 is 2.42 bits per heavy atom. The Labute approximate surface area is 221 Å². The molecule has 0 radical (unpaired) electrons. The van der Waals surface area contributed by atoms with Crippen LogP contribution in [-0.4, -0.2) is 44.8 Å². The lowest BCUT2D eigenvalue weighted by Crippen LogP contribution is -2.34. The highest BCUT2D eigenvalue weighted by Crippen LogP contribution is 2.30. The molecule has 1 N–H and O–H groups in total. The standard InChI is InChI=1S/C31H31N5O2/c1-35(2)28-14-13-22(18-33-28)21-11-9-20(10-12-21)16-23-17-25-30(29-24(23)6-5-15-32-29)34-19-36(31(25)38)26-7-3-4-8-27(26)37/h5-6,9-15,17-19,26-27,37H,3-4,7-8,16H2,1-2H3/t26-,27-/m0/s1. The van der Waals surface area contributed by atoms with Crippen LogP contribution >= 0.6 is 0 Å². The van der Waals surface area contributed by atoms with Crippen molar-refractivity contribution in [3.8, 4) is 11.1 Å². The van der Waals surface area contributed by atoms with E-state index in [1.54, 1.807) is 17.1 Å². The minimum absolute atomic E-state index is 0.112. The summed E-state index contributed by atoms with van der Waals surface area (Å²) in [7, 11) is 3.96. The molecule has 1 fully saturated rings. The van der Waals surface area contributed by atoms with E-state index in [0.717, 1.165) is 58.2 Å². The van der Waals surface area contributed by atoms with Crippen LogP contribution in [0.2, 0.25) is 0 Å². The summed E-state index contributed by atoms with van der Waals surface area (Å²) in [6, 6.07) is 18.3. The summed E-state index contributed by atoms with van der Waals surface area (Å²) in [6.45, 7) is 0. The average molecular weight is 506 g/mol. The number of fused-ring (bicyclic) bond motifs is 3. The quantitative estimate of drug-likeness (QED) is 0.333. The number of hydrogen-bond acceptors (Lipinski definition) is 6. The molecule has 0 saturated heterocycles. The highest BCUT2D eigenvalue weighted by Gasteiger charge is 2.26. The molecule has 1 aliphatic rings. The molecule has 6 rings (SSSR count). The van der Waals surface area contributed by atoms with Gasteiger partial charge in [-0.3, -0.25) is 14.3 Å². The molecule has 5 aromatic rings. The first kappa shape index (κ1) is 24.2. The van der Waals surface area contributed by atoms with Crippen molar-refractivity contribution in [1.29, 1.82) is 0 Å². The van der Waals surface area contributed by atoms with Gasteiger partial charge in [0.15, 0.2) is 0 Å². The third-order valence-corrected chi connectivity index (χ3v) is 7.67. The molecule has 1 saturated carbocycles. The fourth-order valence-corrected chi connectivity index (χ4v) is 5.56. The van der Waals surface area contributed by atoms with Crippen LogP contribution in [0.1, 0.15) is 42.9 Å². The fourth-order valence-electron chi connectivity index (χ4n) is 5.56. The minimum Gasteiger partial charge on any atom is -0.391 e. The third-order valence-electron chi connectivity index (χ3n) is 7.67. The molecule has 38 heavy (non-hydrogen) atoms. The predicted molar refractivity (Wildman–Crippen MR) is 152 cm³/mol. The zero-order chi connectivity index (χ0) is 26.2. The summed E-state index contributed by atoms with van der Waals surface area (Å²) in [5.74, 6) is 0.925. The normalized spacial score (nSPS) is 17.7. The van der Waals surface area contributed by atoms with Crippen LogP contribution < -0.4 is 10.5 Å². The first-order valence-electron chi connectivity index (χ1n) is 13.2. The number of anilines is 1. The van der Waals surface area contributed by atoms with Gasteiger partial charge < -0.3 is 10.0 Å². The molecule has 0 spiro atoms. The smallest absolute Gasteiger partial charge is 0.261 e. The molecule has 0 amide bonds. The highest BCUT2D eigenvalue weighted by molar-refractivity contribution is 6.04. The number of aliphatic hydroxyl groups excluding tert-OH is 1. The largest absolute Gasteiger partial charge is 0.391 e. The Balaban J connectivity index is 1.37. The van der Waals surface area contributed by atoms with E-state index in [1.807, 2.05) is 49.5 Å². The molecule has 0 bridgehead atoms. The number of nitrogens with zero attached hydrogens (tertiary/aromatic N) is 5. The van der Waals surface area contributed by atoms with E-state index >= 15 is 0 Å². The molecule has 1 aliphatic carbocycles. The molecule has 7 heteroatoms. The van der Waals surface area contributed by atoms with Crippen molar-refractivity contribution in [2.24, 2.45) is 0 Å². The molecule has 2 atom stereocenters. The van der Waals surface area contributed by atoms with E-state index in [0.29, 0.717) is 23.7 Å². The first-order valence-corrected chi connectivity index (χ1v) is 13.2. The monoisotopic (exact) mass is 505 g/mol. The van der Waals surface area contributed by atoms with E-state index in [9.17, 15) is 9.90 Å². The van der Waals surface area contributed by atoms with Crippen molar-refractivity contribution in [3.63, 3.8) is 0 Å². The Morgan fingerprint density at radius 2 is 1.68 bits per heavy atom. The van der Waals surface area contributed by atoms with Crippen molar-refractivity contribution in [3.05, 3.63) is 94.8 Å². The average Bonchev–Trinajstić information content (AvgIpc) is 2.95. The number of hydrogen-bond donors (Lipinski definition) is 1. The van der Waals surface area contributed by atoms with Crippen molar-refractivity contribution >= 4 is 27.6 Å². The molecular weight excluding hydrogens is 474 g/mol. The lowest BCUT2D eigenvalue weighted by atomic mass is 9.92. The summed E-state index contributed by atoms with van der Waals surface area (Å²) >= 11 is 0. The maximum Gasteiger partial charge on any atom is 0.261 e. The van der Waals surface area contributed by atoms with Crippen LogP contribution in [0.5, 0.6) is 0 Å². The van der Waals surface area contributed by atoms with E-state index in [1.165, 1.54) is 0 Å². The van der Waals surface area contributed by atoms with Crippen LogP contribution in [0.25, 0.3) is 32.9 Å². The number of rotatable bonds is 5. The van der Waals surface area contributed by atoms with E-state index in [-0.39, 0.29) is 11.6 Å². The van der Waals surface area contributed by atoms with Crippen LogP contribution in [0.4, 0.5) is 5.82 Å². The maximum absolute atomic E-state index is 13.7. The van der Waals surface area contributed by atoms with Crippen LogP contribution in [0.3, 0.4) is 0 Å². The topological polar surface area (TPSA) is 84.1 Å². The zero-order valence-corrected chi connectivity index (χ0v) is 21.7. The van der Waals surface area contributed by atoms with Gasteiger partial charge in [-0.25, -0.2) is 9.97 Å². The molecular formula is C31H31N5O2. The van der Waals surface area contributed by atoms with Gasteiger partial charge in [0.25, 0.3) is 5.56 Å². The van der Waals surface area contributed by atoms with E-state index < -0.39 is 6.10 Å². The van der Waals surface area contributed by atoms with Gasteiger partial charge in [-0.2, -0.15) is 0 Å². The van der Waals surface area contributed by atoms with Gasteiger partial charge in [0.2, 0.25) is 0 Å². The molecule has 7 nitrogen and oxygen atoms in total. The molecule has 192 valence electrons. The molecule has 3 aromatic heterocycles. The second-order valence-corrected chi connectivity index (χ2v) is 10.4. The van der Waals surface area contributed by atoms with Crippen molar-refractivity contribution in [2.75, 3.05) is 19.0 Å². The summed E-state index contributed by atoms with van der Waals surface area (Å²) in [4.78, 5) is 29.5. The van der Waals surface area contributed by atoms with Crippen LogP contribution in [0, 0.1) is 0 Å². The van der Waals surface area contributed by atoms with Gasteiger partial charge >= 0.3 is 0 Å². The van der Waals surface area contributed by atoms with Crippen molar-refractivity contribution in [2.45, 2.75) is 44.2 Å². The van der Waals surface area contributed by atoms with E-state index in [2.05, 4.69) is 45.3 Å². The van der Waals surface area contributed by atoms with Gasteiger partial charge in [-0.05, 0) is 60.2 Å². The Kier molecular flexibility index (Phi) is 6.37. The van der Waals surface area contributed by atoms with Crippen molar-refractivity contribution in [1.82, 2.24) is 19.5 Å². The SMILES string of the molecule is CN(C)c1ccc(-c2ccc(Cc3cc4c(=O)n([C@H]5CCCC[C@@H]5O)cnc4c4ncccc34)cc2)cn1. The lowest BCUT2D eigenvalue weighted by Gasteiger charge is -2.29. The predicted octanol–water partition coefficient (Wildman–Crippen LogP) is 5.14. The summed E-state index contributed by atoms with van der Waals surface area (Å²) in [5, 5.41) is 12.1. The van der Waals surface area contributed by atoms with Gasteiger partial charge in [-0.15, -0.1) is 0 Å². The second-order valence-electron chi connectivity index (χ2n) is 10.4. The summed E-state index contributed by atoms with van der Waals surface area (Å²) in [6.07, 6.45) is 8.87. The number of aliphatic hydroxyl groups is 1. The molecule has 2 aromatic carbocycles. The lowest BCUT2D eigenvalue weighted by molar-refractivity contribution is 0.0735. The summed E-state index contributed by atoms with van der Waals surface area (Å²) in [5.41, 5.74) is 5.58. The first-order chi connectivity index (χ1) is 18.5. The maximum atomic E-state index is 13.7. The molecule has 3 heterocycles. The highest BCUT2D eigenvalue weighted by atomic mass is 16.3. The van der Waals surface area contributed by atoms with Crippen molar-refractivity contribution < 1.29 is 5.11 Å². The minimum atomic E-state index is -0.522. The number of pyridine rings is 2. The third kappa shape index (κ3) is 4.43. The number of aromatic nitrogens is 4. The zero-order valence-electron chi connectivity index (χ0n) is 21.7. The van der Waals surface area contributed by atoms with Crippen LogP contribution in [-0.2, 0) is 6.42 Å². The van der Waals surface area contributed by atoms with Gasteiger partial charge in [0.05, 0.1) is 29.4 Å². The fraction of sp³-hybridized carbons (Fsp3) is 0.290. The Hall–Kier alpha value is -4.10. The molecule has 0 aliphatic heterocycles. The Morgan fingerprint density at radius 1 is 0.921 bits per heavy atom. The van der Waals surface area contributed by atoms with Crippen LogP contribution in [0.15, 0.2) is 78.1 Å². The Bertz CT molecular complexity index is 1660. The van der Waals surface area contributed by atoms with Gasteiger partial charge in [-0.1, -0.05) is 43.2 Å². The molecule has 0 unspecified atom stereocenters. The second kappa shape index (κ2) is 9.99. The van der Waals surface area contributed by atoms with E-state index in [4.69, 9.17) is 0 Å².